The number of likely N-dealkylation sites (tertiary alicyclic amines) is 1. The van der Waals surface area contributed by atoms with Crippen LogP contribution >= 0.6 is 0 Å². The zero-order valence-electron chi connectivity index (χ0n) is 12.3. The van der Waals surface area contributed by atoms with Crippen molar-refractivity contribution in [2.45, 2.75) is 30.9 Å². The van der Waals surface area contributed by atoms with Gasteiger partial charge >= 0.3 is 0 Å². The minimum absolute atomic E-state index is 0.0950. The first-order chi connectivity index (χ1) is 10.3. The summed E-state index contributed by atoms with van der Waals surface area (Å²) in [5, 5.41) is 14.2. The standard InChI is InChI=1S/C13H19N3O5S/c1-22(19,20)16-6-2-4-13(16)5-7-15(9-11(13)17)12(18)10-3-8-21-14-10/h3,8,11,17H,2,4-7,9H2,1H3/t11-,13-/m0/s1. The van der Waals surface area contributed by atoms with Crippen molar-refractivity contribution in [1.29, 1.82) is 0 Å². The Morgan fingerprint density at radius 3 is 2.82 bits per heavy atom. The summed E-state index contributed by atoms with van der Waals surface area (Å²) in [7, 11) is -3.38. The fourth-order valence-electron chi connectivity index (χ4n) is 3.59. The van der Waals surface area contributed by atoms with Gasteiger partial charge in [-0.2, -0.15) is 4.31 Å². The van der Waals surface area contributed by atoms with Crippen LogP contribution in [0.15, 0.2) is 16.9 Å². The van der Waals surface area contributed by atoms with Crippen molar-refractivity contribution in [2.24, 2.45) is 0 Å². The van der Waals surface area contributed by atoms with Gasteiger partial charge in [0.15, 0.2) is 5.69 Å². The van der Waals surface area contributed by atoms with Crippen LogP contribution in [0.3, 0.4) is 0 Å². The van der Waals surface area contributed by atoms with Crippen LogP contribution < -0.4 is 0 Å². The molecule has 2 atom stereocenters. The molecule has 3 rings (SSSR count). The smallest absolute Gasteiger partial charge is 0.276 e. The number of piperidine rings is 1. The summed E-state index contributed by atoms with van der Waals surface area (Å²) in [6.45, 7) is 0.902. The first-order valence-electron chi connectivity index (χ1n) is 7.20. The predicted molar refractivity (Wildman–Crippen MR) is 76.5 cm³/mol. The molecule has 22 heavy (non-hydrogen) atoms. The van der Waals surface area contributed by atoms with E-state index in [9.17, 15) is 18.3 Å². The minimum Gasteiger partial charge on any atom is -0.389 e. The summed E-state index contributed by atoms with van der Waals surface area (Å²) < 4.78 is 30.0. The lowest BCUT2D eigenvalue weighted by molar-refractivity contribution is -0.0294. The molecular formula is C13H19N3O5S. The van der Waals surface area contributed by atoms with Crippen molar-refractivity contribution < 1.29 is 22.8 Å². The van der Waals surface area contributed by atoms with Crippen molar-refractivity contribution in [3.05, 3.63) is 18.0 Å². The lowest BCUT2D eigenvalue weighted by Gasteiger charge is -2.47. The van der Waals surface area contributed by atoms with E-state index in [4.69, 9.17) is 0 Å². The molecule has 0 unspecified atom stereocenters. The van der Waals surface area contributed by atoms with Crippen LogP contribution in [0.5, 0.6) is 0 Å². The van der Waals surface area contributed by atoms with Gasteiger partial charge in [-0.05, 0) is 19.3 Å². The van der Waals surface area contributed by atoms with Gasteiger partial charge in [-0.15, -0.1) is 0 Å². The average molecular weight is 329 g/mol. The van der Waals surface area contributed by atoms with Crippen LogP contribution in [0, 0.1) is 0 Å². The molecular weight excluding hydrogens is 310 g/mol. The number of amides is 1. The largest absolute Gasteiger partial charge is 0.389 e. The second-order valence-electron chi connectivity index (χ2n) is 5.94. The van der Waals surface area contributed by atoms with Crippen molar-refractivity contribution in [2.75, 3.05) is 25.9 Å². The van der Waals surface area contributed by atoms with Crippen LogP contribution in [0.1, 0.15) is 29.8 Å². The lowest BCUT2D eigenvalue weighted by Crippen LogP contribution is -2.63. The molecule has 0 aromatic carbocycles. The molecule has 0 saturated carbocycles. The van der Waals surface area contributed by atoms with E-state index in [-0.39, 0.29) is 18.1 Å². The van der Waals surface area contributed by atoms with E-state index >= 15 is 0 Å². The number of aliphatic hydroxyl groups excluding tert-OH is 1. The topological polar surface area (TPSA) is 104 Å². The number of hydrogen-bond acceptors (Lipinski definition) is 6. The fourth-order valence-corrected chi connectivity index (χ4v) is 5.01. The normalized spacial score (nSPS) is 30.1. The molecule has 122 valence electrons. The Hall–Kier alpha value is -1.45. The molecule has 2 aliphatic heterocycles. The Bertz CT molecular complexity index is 659. The van der Waals surface area contributed by atoms with E-state index in [0.29, 0.717) is 25.9 Å². The number of nitrogens with zero attached hydrogens (tertiary/aromatic N) is 3. The van der Waals surface area contributed by atoms with Crippen molar-refractivity contribution in [3.63, 3.8) is 0 Å². The van der Waals surface area contributed by atoms with E-state index in [2.05, 4.69) is 9.68 Å². The second-order valence-corrected chi connectivity index (χ2v) is 7.85. The zero-order valence-corrected chi connectivity index (χ0v) is 13.1. The van der Waals surface area contributed by atoms with Gasteiger partial charge in [0.1, 0.15) is 6.26 Å². The quantitative estimate of drug-likeness (QED) is 0.797. The number of aliphatic hydroxyl groups is 1. The van der Waals surface area contributed by atoms with Gasteiger partial charge in [0, 0.05) is 25.7 Å². The van der Waals surface area contributed by atoms with E-state index in [0.717, 1.165) is 6.42 Å². The highest BCUT2D eigenvalue weighted by Crippen LogP contribution is 2.40. The molecule has 2 fully saturated rings. The molecule has 1 aromatic heterocycles. The summed E-state index contributed by atoms with van der Waals surface area (Å²) in [5.41, 5.74) is -0.594. The molecule has 3 heterocycles. The fraction of sp³-hybridized carbons (Fsp3) is 0.692. The third-order valence-electron chi connectivity index (χ3n) is 4.64. The molecule has 0 aliphatic carbocycles. The van der Waals surface area contributed by atoms with Gasteiger partial charge in [0.2, 0.25) is 10.0 Å². The predicted octanol–water partition coefficient (Wildman–Crippen LogP) is -0.324. The average Bonchev–Trinajstić information content (AvgIpc) is 3.10. The molecule has 0 radical (unpaired) electrons. The molecule has 8 nitrogen and oxygen atoms in total. The SMILES string of the molecule is CS(=O)(=O)N1CCC[C@@]12CCN(C(=O)c1ccon1)C[C@@H]2O. The molecule has 0 bridgehead atoms. The van der Waals surface area contributed by atoms with Crippen molar-refractivity contribution in [3.8, 4) is 0 Å². The van der Waals surface area contributed by atoms with Crippen LogP contribution in [-0.4, -0.2) is 71.3 Å². The number of hydrogen-bond donors (Lipinski definition) is 1. The number of carbonyl (C=O) groups excluding carboxylic acids is 1. The van der Waals surface area contributed by atoms with Crippen LogP contribution in [0.2, 0.25) is 0 Å². The first-order valence-corrected chi connectivity index (χ1v) is 9.05. The van der Waals surface area contributed by atoms with Gasteiger partial charge in [-0.25, -0.2) is 8.42 Å². The summed E-state index contributed by atoms with van der Waals surface area (Å²) in [5.74, 6) is -0.313. The monoisotopic (exact) mass is 329 g/mol. The number of carbonyl (C=O) groups is 1. The Morgan fingerprint density at radius 1 is 1.45 bits per heavy atom. The summed E-state index contributed by atoms with van der Waals surface area (Å²) >= 11 is 0. The van der Waals surface area contributed by atoms with E-state index in [1.807, 2.05) is 0 Å². The highest BCUT2D eigenvalue weighted by atomic mass is 32.2. The maximum Gasteiger partial charge on any atom is 0.276 e. The number of sulfonamides is 1. The maximum absolute atomic E-state index is 12.2. The summed E-state index contributed by atoms with van der Waals surface area (Å²) in [6, 6.07) is 1.47. The highest BCUT2D eigenvalue weighted by molar-refractivity contribution is 7.88. The van der Waals surface area contributed by atoms with Gasteiger partial charge in [-0.1, -0.05) is 5.16 Å². The molecule has 1 N–H and O–H groups in total. The van der Waals surface area contributed by atoms with E-state index in [1.54, 1.807) is 0 Å². The lowest BCUT2D eigenvalue weighted by atomic mass is 9.83. The third-order valence-corrected chi connectivity index (χ3v) is 5.99. The van der Waals surface area contributed by atoms with Gasteiger partial charge in [-0.3, -0.25) is 4.79 Å². The Balaban J connectivity index is 1.79. The molecule has 2 aliphatic rings. The molecule has 1 amide bonds. The van der Waals surface area contributed by atoms with E-state index < -0.39 is 21.7 Å². The molecule has 1 spiro atoms. The van der Waals surface area contributed by atoms with Gasteiger partial charge in [0.25, 0.3) is 5.91 Å². The van der Waals surface area contributed by atoms with E-state index in [1.165, 1.54) is 27.8 Å². The third kappa shape index (κ3) is 2.42. The Kier molecular flexibility index (Phi) is 3.74. The van der Waals surface area contributed by atoms with Crippen LogP contribution in [-0.2, 0) is 10.0 Å². The Labute approximate surface area is 128 Å². The van der Waals surface area contributed by atoms with Gasteiger partial charge in [0.05, 0.1) is 17.9 Å². The zero-order chi connectivity index (χ0) is 16.0. The van der Waals surface area contributed by atoms with Crippen molar-refractivity contribution >= 4 is 15.9 Å². The number of rotatable bonds is 2. The number of β-amino-alcohol motifs (C(OH)–C–C–N with tert-alkyl or cyclic N) is 1. The maximum atomic E-state index is 12.2. The molecule has 1 aromatic rings. The minimum atomic E-state index is -3.38. The number of aromatic nitrogens is 1. The van der Waals surface area contributed by atoms with Gasteiger partial charge < -0.3 is 14.5 Å². The summed E-state index contributed by atoms with van der Waals surface area (Å²) in [4.78, 5) is 13.7. The van der Waals surface area contributed by atoms with Crippen LogP contribution in [0.4, 0.5) is 0 Å². The second kappa shape index (κ2) is 5.32. The highest BCUT2D eigenvalue weighted by Gasteiger charge is 2.53. The van der Waals surface area contributed by atoms with Crippen LogP contribution in [0.25, 0.3) is 0 Å². The van der Waals surface area contributed by atoms with Crippen molar-refractivity contribution in [1.82, 2.24) is 14.4 Å². The molecule has 2 saturated heterocycles. The summed E-state index contributed by atoms with van der Waals surface area (Å²) in [6.07, 6.45) is 3.34. The first kappa shape index (κ1) is 15.4. The Morgan fingerprint density at radius 2 is 2.23 bits per heavy atom. The molecule has 9 heteroatoms.